The van der Waals surface area contributed by atoms with Gasteiger partial charge < -0.3 is 10.4 Å². The number of hydrogen-bond donors (Lipinski definition) is 3. The molecule has 1 amide bonds. The summed E-state index contributed by atoms with van der Waals surface area (Å²) in [5.74, 6) is -1.17. The highest BCUT2D eigenvalue weighted by atomic mass is 79.9. The van der Waals surface area contributed by atoms with Crippen LogP contribution in [0.2, 0.25) is 0 Å². The number of carboxylic acid groups (broad SMARTS) is 1. The second-order valence-electron chi connectivity index (χ2n) is 6.24. The van der Waals surface area contributed by atoms with Crippen molar-refractivity contribution in [3.8, 4) is 0 Å². The molecule has 120 valence electrons. The van der Waals surface area contributed by atoms with Crippen molar-refractivity contribution in [3.05, 3.63) is 15.9 Å². The SMILES string of the molecule is O=C(N[C@H]1CCCCC[C@H]1C(=O)O)c1n[nH]c(C2CC2)c1Br. The van der Waals surface area contributed by atoms with Crippen LogP contribution in [-0.2, 0) is 4.79 Å². The Hall–Kier alpha value is -1.37. The Labute approximate surface area is 137 Å². The van der Waals surface area contributed by atoms with Gasteiger partial charge in [0.15, 0.2) is 5.69 Å². The Balaban J connectivity index is 1.73. The van der Waals surface area contributed by atoms with Crippen molar-refractivity contribution in [3.63, 3.8) is 0 Å². The standard InChI is InChI=1S/C15H20BrN3O3/c16-11-12(8-6-7-8)18-19-13(11)14(20)17-10-5-3-1-2-4-9(10)15(21)22/h8-10H,1-7H2,(H,17,20)(H,18,19)(H,21,22)/t9-,10+/m1/s1. The number of hydrogen-bond acceptors (Lipinski definition) is 3. The number of carbonyl (C=O) groups is 2. The van der Waals surface area contributed by atoms with Gasteiger partial charge in [-0.3, -0.25) is 14.7 Å². The highest BCUT2D eigenvalue weighted by Crippen LogP contribution is 2.42. The lowest BCUT2D eigenvalue weighted by atomic mass is 9.95. The van der Waals surface area contributed by atoms with E-state index in [1.807, 2.05) is 0 Å². The number of amides is 1. The third-order valence-corrected chi connectivity index (χ3v) is 5.39. The number of carboxylic acids is 1. The van der Waals surface area contributed by atoms with Gasteiger partial charge in [0.1, 0.15) is 0 Å². The van der Waals surface area contributed by atoms with Gasteiger partial charge in [-0.1, -0.05) is 19.3 Å². The largest absolute Gasteiger partial charge is 0.481 e. The maximum Gasteiger partial charge on any atom is 0.308 e. The van der Waals surface area contributed by atoms with E-state index in [9.17, 15) is 14.7 Å². The Bertz CT molecular complexity index is 583. The number of H-pyrrole nitrogens is 1. The fourth-order valence-electron chi connectivity index (χ4n) is 3.15. The van der Waals surface area contributed by atoms with Crippen molar-refractivity contribution in [1.82, 2.24) is 15.5 Å². The number of halogens is 1. The van der Waals surface area contributed by atoms with Crippen molar-refractivity contribution in [2.75, 3.05) is 0 Å². The van der Waals surface area contributed by atoms with Crippen LogP contribution in [0.25, 0.3) is 0 Å². The summed E-state index contributed by atoms with van der Waals surface area (Å²) in [5.41, 5.74) is 1.30. The summed E-state index contributed by atoms with van der Waals surface area (Å²) in [6, 6.07) is -0.319. The van der Waals surface area contributed by atoms with E-state index in [2.05, 4.69) is 31.4 Å². The first kappa shape index (κ1) is 15.5. The summed E-state index contributed by atoms with van der Waals surface area (Å²) in [7, 11) is 0. The number of aromatic nitrogens is 2. The number of nitrogens with zero attached hydrogens (tertiary/aromatic N) is 1. The van der Waals surface area contributed by atoms with Gasteiger partial charge in [0.25, 0.3) is 5.91 Å². The minimum Gasteiger partial charge on any atom is -0.481 e. The number of aliphatic carboxylic acids is 1. The van der Waals surface area contributed by atoms with Crippen LogP contribution < -0.4 is 5.32 Å². The molecule has 0 bridgehead atoms. The Morgan fingerprint density at radius 2 is 1.91 bits per heavy atom. The Morgan fingerprint density at radius 1 is 1.18 bits per heavy atom. The van der Waals surface area contributed by atoms with Crippen LogP contribution in [0, 0.1) is 5.92 Å². The van der Waals surface area contributed by atoms with Crippen molar-refractivity contribution >= 4 is 27.8 Å². The first-order chi connectivity index (χ1) is 10.6. The zero-order valence-corrected chi connectivity index (χ0v) is 13.9. The fraction of sp³-hybridized carbons (Fsp3) is 0.667. The van der Waals surface area contributed by atoms with Crippen LogP contribution in [0.5, 0.6) is 0 Å². The van der Waals surface area contributed by atoms with Gasteiger partial charge in [0.05, 0.1) is 16.1 Å². The van der Waals surface area contributed by atoms with E-state index in [4.69, 9.17) is 0 Å². The molecule has 22 heavy (non-hydrogen) atoms. The summed E-state index contributed by atoms with van der Waals surface area (Å²) < 4.78 is 0.716. The molecule has 2 atom stereocenters. The van der Waals surface area contributed by atoms with Gasteiger partial charge in [-0.05, 0) is 41.6 Å². The van der Waals surface area contributed by atoms with Gasteiger partial charge >= 0.3 is 5.97 Å². The van der Waals surface area contributed by atoms with Gasteiger partial charge in [-0.15, -0.1) is 0 Å². The summed E-state index contributed by atoms with van der Waals surface area (Å²) in [6.07, 6.45) is 6.44. The molecular weight excluding hydrogens is 350 g/mol. The number of rotatable bonds is 4. The quantitative estimate of drug-likeness (QED) is 0.711. The molecule has 3 N–H and O–H groups in total. The summed E-state index contributed by atoms with van der Waals surface area (Å²) in [6.45, 7) is 0. The maximum absolute atomic E-state index is 12.5. The smallest absolute Gasteiger partial charge is 0.308 e. The molecule has 1 aromatic heterocycles. The highest BCUT2D eigenvalue weighted by Gasteiger charge is 2.34. The molecule has 1 heterocycles. The van der Waals surface area contributed by atoms with Gasteiger partial charge in [-0.2, -0.15) is 5.10 Å². The van der Waals surface area contributed by atoms with E-state index < -0.39 is 11.9 Å². The average Bonchev–Trinajstić information content (AvgIpc) is 3.26. The van der Waals surface area contributed by atoms with Crippen LogP contribution >= 0.6 is 15.9 Å². The molecule has 2 saturated carbocycles. The molecule has 2 aliphatic rings. The molecule has 0 unspecified atom stereocenters. The molecule has 3 rings (SSSR count). The third-order valence-electron chi connectivity index (χ3n) is 4.58. The lowest BCUT2D eigenvalue weighted by Gasteiger charge is -2.22. The molecular formula is C15H20BrN3O3. The zero-order valence-electron chi connectivity index (χ0n) is 12.3. The van der Waals surface area contributed by atoms with Crippen LogP contribution in [-0.4, -0.2) is 33.2 Å². The minimum absolute atomic E-state index is 0.298. The molecule has 0 radical (unpaired) electrons. The Kier molecular flexibility index (Phi) is 4.52. The molecule has 1 aromatic rings. The molecule has 2 aliphatic carbocycles. The molecule has 0 aliphatic heterocycles. The van der Waals surface area contributed by atoms with E-state index >= 15 is 0 Å². The fourth-order valence-corrected chi connectivity index (χ4v) is 3.83. The van der Waals surface area contributed by atoms with E-state index in [1.165, 1.54) is 0 Å². The van der Waals surface area contributed by atoms with Crippen LogP contribution in [0.15, 0.2) is 4.47 Å². The molecule has 0 spiro atoms. The van der Waals surface area contributed by atoms with Crippen LogP contribution in [0.4, 0.5) is 0 Å². The minimum atomic E-state index is -0.827. The predicted octanol–water partition coefficient (Wildman–Crippen LogP) is 2.81. The number of aromatic amines is 1. The molecule has 7 heteroatoms. The summed E-state index contributed by atoms with van der Waals surface area (Å²) in [4.78, 5) is 23.9. The van der Waals surface area contributed by atoms with E-state index in [0.717, 1.165) is 37.8 Å². The highest BCUT2D eigenvalue weighted by molar-refractivity contribution is 9.10. The molecule has 0 aromatic carbocycles. The number of carbonyl (C=O) groups excluding carboxylic acids is 1. The maximum atomic E-state index is 12.5. The van der Waals surface area contributed by atoms with E-state index in [0.29, 0.717) is 28.9 Å². The predicted molar refractivity (Wildman–Crippen MR) is 83.7 cm³/mol. The van der Waals surface area contributed by atoms with E-state index in [-0.39, 0.29) is 11.9 Å². The monoisotopic (exact) mass is 369 g/mol. The molecule has 0 saturated heterocycles. The van der Waals surface area contributed by atoms with Gasteiger partial charge in [0.2, 0.25) is 0 Å². The summed E-state index contributed by atoms with van der Waals surface area (Å²) in [5, 5.41) is 19.3. The van der Waals surface area contributed by atoms with Gasteiger partial charge in [0, 0.05) is 12.0 Å². The Morgan fingerprint density at radius 3 is 2.59 bits per heavy atom. The average molecular weight is 370 g/mol. The van der Waals surface area contributed by atoms with Crippen LogP contribution in [0.1, 0.15) is 67.0 Å². The van der Waals surface area contributed by atoms with Crippen molar-refractivity contribution < 1.29 is 14.7 Å². The summed E-state index contributed by atoms with van der Waals surface area (Å²) >= 11 is 3.45. The van der Waals surface area contributed by atoms with Crippen molar-refractivity contribution in [2.24, 2.45) is 5.92 Å². The first-order valence-electron chi connectivity index (χ1n) is 7.85. The van der Waals surface area contributed by atoms with Crippen molar-refractivity contribution in [2.45, 2.75) is 56.9 Å². The normalized spacial score (nSPS) is 25.5. The third kappa shape index (κ3) is 3.19. The van der Waals surface area contributed by atoms with E-state index in [1.54, 1.807) is 0 Å². The van der Waals surface area contributed by atoms with Crippen molar-refractivity contribution in [1.29, 1.82) is 0 Å². The molecule has 6 nitrogen and oxygen atoms in total. The second kappa shape index (κ2) is 6.40. The van der Waals surface area contributed by atoms with Crippen LogP contribution in [0.3, 0.4) is 0 Å². The molecule has 2 fully saturated rings. The zero-order chi connectivity index (χ0) is 15.7. The second-order valence-corrected chi connectivity index (χ2v) is 7.03. The first-order valence-corrected chi connectivity index (χ1v) is 8.64. The lowest BCUT2D eigenvalue weighted by molar-refractivity contribution is -0.142. The topological polar surface area (TPSA) is 95.1 Å². The van der Waals surface area contributed by atoms with Gasteiger partial charge in [-0.25, -0.2) is 0 Å². The lowest BCUT2D eigenvalue weighted by Crippen LogP contribution is -2.43. The number of nitrogens with one attached hydrogen (secondary N) is 2.